The van der Waals surface area contributed by atoms with Crippen LogP contribution in [0, 0.1) is 17.8 Å². The van der Waals surface area contributed by atoms with E-state index in [1.165, 1.54) is 0 Å². The Balaban J connectivity index is 1.38. The normalized spacial score (nSPS) is 26.4. The van der Waals surface area contributed by atoms with Crippen LogP contribution in [0.25, 0.3) is 11.0 Å². The quantitative estimate of drug-likeness (QED) is 0.160. The number of unbranched alkanes of at least 4 members (excludes halogenated alkanes) is 3. The zero-order valence-corrected chi connectivity index (χ0v) is 29.9. The van der Waals surface area contributed by atoms with E-state index in [0.29, 0.717) is 49.4 Å². The molecule has 3 fully saturated rings. The van der Waals surface area contributed by atoms with Crippen LogP contribution in [0.1, 0.15) is 52.9 Å². The highest BCUT2D eigenvalue weighted by molar-refractivity contribution is 6.03. The number of hydrogen-bond acceptors (Lipinski definition) is 8. The van der Waals surface area contributed by atoms with E-state index in [1.807, 2.05) is 69.3 Å². The number of ether oxygens (including phenoxy) is 2. The second-order valence-corrected chi connectivity index (χ2v) is 14.1. The first-order chi connectivity index (χ1) is 24.6. The number of fused-ring (bicyclic) bond motifs is 2. The van der Waals surface area contributed by atoms with Crippen molar-refractivity contribution in [3.8, 4) is 5.75 Å². The van der Waals surface area contributed by atoms with Gasteiger partial charge in [-0.3, -0.25) is 14.4 Å². The number of likely N-dealkylation sites (tertiary alicyclic amines) is 1. The Bertz CT molecular complexity index is 1760. The molecule has 3 amide bonds. The molecule has 3 unspecified atom stereocenters. The van der Waals surface area contributed by atoms with E-state index in [4.69, 9.17) is 9.47 Å². The molecule has 6 rings (SSSR count). The molecule has 1 aromatic heterocycles. The molecule has 12 nitrogen and oxygen atoms in total. The summed E-state index contributed by atoms with van der Waals surface area (Å²) < 4.78 is 14.4. The first-order valence-electron chi connectivity index (χ1n) is 18.1. The Morgan fingerprint density at radius 2 is 1.78 bits per heavy atom. The summed E-state index contributed by atoms with van der Waals surface area (Å²) in [6, 6.07) is 13.9. The predicted octanol–water partition coefficient (Wildman–Crippen LogP) is 4.58. The third kappa shape index (κ3) is 6.33. The van der Waals surface area contributed by atoms with Crippen LogP contribution in [0.2, 0.25) is 0 Å². The molecule has 3 aliphatic rings. The van der Waals surface area contributed by atoms with E-state index in [-0.39, 0.29) is 50.0 Å². The number of para-hydroxylation sites is 1. The Morgan fingerprint density at radius 3 is 2.49 bits per heavy atom. The van der Waals surface area contributed by atoms with Gasteiger partial charge in [0.2, 0.25) is 17.7 Å². The van der Waals surface area contributed by atoms with Crippen molar-refractivity contribution in [2.45, 2.75) is 76.8 Å². The van der Waals surface area contributed by atoms with Crippen molar-refractivity contribution in [3.63, 3.8) is 0 Å². The van der Waals surface area contributed by atoms with Crippen molar-refractivity contribution in [2.24, 2.45) is 17.8 Å². The molecule has 0 saturated carbocycles. The molecule has 1 spiro atoms. The van der Waals surface area contributed by atoms with Crippen LogP contribution in [-0.4, -0.2) is 97.7 Å². The molecule has 4 heterocycles. The molecular weight excluding hydrogens is 648 g/mol. The van der Waals surface area contributed by atoms with Crippen molar-refractivity contribution >= 4 is 34.4 Å². The van der Waals surface area contributed by atoms with Crippen molar-refractivity contribution in [3.05, 3.63) is 73.8 Å². The second kappa shape index (κ2) is 15.0. The topological polar surface area (TPSA) is 130 Å². The molecule has 2 aromatic carbocycles. The first kappa shape index (κ1) is 36.2. The lowest BCUT2D eigenvalue weighted by molar-refractivity contribution is -0.153. The summed E-state index contributed by atoms with van der Waals surface area (Å²) in [5.74, 6) is -1.86. The van der Waals surface area contributed by atoms with Gasteiger partial charge in [-0.2, -0.15) is 0 Å². The van der Waals surface area contributed by atoms with Crippen LogP contribution in [0.5, 0.6) is 5.75 Å². The van der Waals surface area contributed by atoms with Gasteiger partial charge in [0.1, 0.15) is 29.6 Å². The fourth-order valence-electron chi connectivity index (χ4n) is 8.62. The lowest BCUT2D eigenvalue weighted by atomic mass is 9.62. The summed E-state index contributed by atoms with van der Waals surface area (Å²) in [4.78, 5) is 49.8. The molecule has 0 aliphatic carbocycles. The standard InChI is InChI=1S/C39H50N6O6/c1-6-21-42(26-45-31-16-12-11-15-30(31)40-41-45)37(49)34-39-25-27(4)38(5,51-39)32(33(39)36(48)44(34)23-13-9-10-14-24-46)35(47)43(22-7-2)28-17-19-29(20-18-28)50-8-3/h6-7,11-12,15-20,27,32-34,46H,1-2,8-10,13-14,21-26H2,3-5H3/t27?,32-,33-,34?,38+,39?/m0/s1. The molecule has 3 aliphatic heterocycles. The maximum Gasteiger partial charge on any atom is 0.250 e. The van der Waals surface area contributed by atoms with Crippen molar-refractivity contribution in [1.82, 2.24) is 24.8 Å². The summed E-state index contributed by atoms with van der Waals surface area (Å²) in [5, 5.41) is 17.9. The van der Waals surface area contributed by atoms with Gasteiger partial charge in [-0.25, -0.2) is 4.68 Å². The highest BCUT2D eigenvalue weighted by Crippen LogP contribution is 2.65. The molecule has 3 aromatic rings. The molecular formula is C39H50N6O6. The zero-order valence-electron chi connectivity index (χ0n) is 29.9. The summed E-state index contributed by atoms with van der Waals surface area (Å²) >= 11 is 0. The van der Waals surface area contributed by atoms with E-state index < -0.39 is 29.1 Å². The van der Waals surface area contributed by atoms with E-state index in [9.17, 15) is 14.7 Å². The van der Waals surface area contributed by atoms with Gasteiger partial charge >= 0.3 is 0 Å². The van der Waals surface area contributed by atoms with Gasteiger partial charge in [-0.05, 0) is 75.4 Å². The monoisotopic (exact) mass is 698 g/mol. The van der Waals surface area contributed by atoms with E-state index in [1.54, 1.807) is 31.5 Å². The number of nitrogens with zero attached hydrogens (tertiary/aromatic N) is 6. The number of benzene rings is 2. The van der Waals surface area contributed by atoms with Crippen molar-refractivity contribution < 1.29 is 29.0 Å². The van der Waals surface area contributed by atoms with Gasteiger partial charge in [-0.15, -0.1) is 18.3 Å². The van der Waals surface area contributed by atoms with E-state index in [2.05, 4.69) is 23.5 Å². The van der Waals surface area contributed by atoms with Crippen LogP contribution < -0.4 is 9.64 Å². The lowest BCUT2D eigenvalue weighted by Gasteiger charge is -2.39. The number of anilines is 1. The maximum atomic E-state index is 15.0. The Labute approximate surface area is 299 Å². The number of aliphatic hydroxyl groups is 1. The molecule has 2 bridgehead atoms. The van der Waals surface area contributed by atoms with Gasteiger partial charge in [0.25, 0.3) is 0 Å². The van der Waals surface area contributed by atoms with Crippen molar-refractivity contribution in [2.75, 3.05) is 37.7 Å². The zero-order chi connectivity index (χ0) is 36.3. The minimum Gasteiger partial charge on any atom is -0.494 e. The number of carbonyl (C=O) groups excluding carboxylic acids is 3. The minimum atomic E-state index is -1.21. The predicted molar refractivity (Wildman–Crippen MR) is 194 cm³/mol. The van der Waals surface area contributed by atoms with Crippen LogP contribution >= 0.6 is 0 Å². The second-order valence-electron chi connectivity index (χ2n) is 14.1. The van der Waals surface area contributed by atoms with E-state index in [0.717, 1.165) is 18.4 Å². The van der Waals surface area contributed by atoms with E-state index >= 15 is 4.79 Å². The largest absolute Gasteiger partial charge is 0.494 e. The smallest absolute Gasteiger partial charge is 0.250 e. The third-order valence-corrected chi connectivity index (χ3v) is 11.0. The number of amides is 3. The number of hydrogen-bond donors (Lipinski definition) is 1. The summed E-state index contributed by atoms with van der Waals surface area (Å²) in [6.07, 6.45) is 6.70. The highest BCUT2D eigenvalue weighted by Gasteiger charge is 2.80. The molecule has 6 atom stereocenters. The molecule has 0 radical (unpaired) electrons. The number of rotatable bonds is 17. The SMILES string of the molecule is C=CCN(Cn1nnc2ccccc21)C(=O)C1N(CCCCCCO)C(=O)[C@@H]2[C@@H](C(=O)N(CC=C)c3ccc(OCC)cc3)[C@]3(C)OC12CC3C. The summed E-state index contributed by atoms with van der Waals surface area (Å²) in [5.41, 5.74) is -0.0529. The Morgan fingerprint density at radius 1 is 1.06 bits per heavy atom. The number of carbonyl (C=O) groups is 3. The van der Waals surface area contributed by atoms with Crippen molar-refractivity contribution in [1.29, 1.82) is 0 Å². The Hall–Kier alpha value is -4.55. The molecule has 51 heavy (non-hydrogen) atoms. The molecule has 12 heteroatoms. The molecule has 3 saturated heterocycles. The average molecular weight is 699 g/mol. The third-order valence-electron chi connectivity index (χ3n) is 11.0. The van der Waals surface area contributed by atoms with Gasteiger partial charge in [0, 0.05) is 31.9 Å². The van der Waals surface area contributed by atoms with Gasteiger partial charge in [-0.1, -0.05) is 49.3 Å². The van der Waals surface area contributed by atoms with Gasteiger partial charge in [0.05, 0.1) is 29.6 Å². The van der Waals surface area contributed by atoms with Gasteiger partial charge in [0.15, 0.2) is 0 Å². The van der Waals surface area contributed by atoms with Crippen LogP contribution in [0.15, 0.2) is 73.8 Å². The van der Waals surface area contributed by atoms with Crippen LogP contribution in [0.4, 0.5) is 5.69 Å². The van der Waals surface area contributed by atoms with Gasteiger partial charge < -0.3 is 29.3 Å². The minimum absolute atomic E-state index is 0.0984. The van der Waals surface area contributed by atoms with Crippen LogP contribution in [0.3, 0.4) is 0 Å². The fraction of sp³-hybridized carbons (Fsp3) is 0.513. The first-order valence-corrected chi connectivity index (χ1v) is 18.1. The summed E-state index contributed by atoms with van der Waals surface area (Å²) in [6.45, 7) is 15.2. The number of aromatic nitrogens is 3. The highest BCUT2D eigenvalue weighted by atomic mass is 16.5. The molecule has 272 valence electrons. The maximum absolute atomic E-state index is 15.0. The Kier molecular flexibility index (Phi) is 10.6. The average Bonchev–Trinajstić information content (AvgIpc) is 3.80. The van der Waals surface area contributed by atoms with Crippen LogP contribution in [-0.2, 0) is 25.8 Å². The number of aliphatic hydroxyl groups excluding tert-OH is 1. The summed E-state index contributed by atoms with van der Waals surface area (Å²) in [7, 11) is 0. The fourth-order valence-corrected chi connectivity index (χ4v) is 8.62. The lowest BCUT2D eigenvalue weighted by Crippen LogP contribution is -2.57. The molecule has 1 N–H and O–H groups in total.